The SMILES string of the molecule is CCN(CC#N)Cc1ccc(C(=O)OC)cn1. The second-order valence-electron chi connectivity index (χ2n) is 3.49. The fraction of sp³-hybridized carbons (Fsp3) is 0.417. The van der Waals surface area contributed by atoms with Crippen molar-refractivity contribution in [3.8, 4) is 6.07 Å². The Morgan fingerprint density at radius 2 is 2.35 bits per heavy atom. The van der Waals surface area contributed by atoms with Crippen molar-refractivity contribution >= 4 is 5.97 Å². The van der Waals surface area contributed by atoms with Gasteiger partial charge in [0.1, 0.15) is 0 Å². The van der Waals surface area contributed by atoms with Gasteiger partial charge in [0.05, 0.1) is 31.0 Å². The molecule has 1 heterocycles. The van der Waals surface area contributed by atoms with E-state index < -0.39 is 5.97 Å². The maximum absolute atomic E-state index is 11.2. The number of carbonyl (C=O) groups is 1. The number of aromatic nitrogens is 1. The summed E-state index contributed by atoms with van der Waals surface area (Å²) in [5, 5.41) is 8.62. The second kappa shape index (κ2) is 6.61. The Labute approximate surface area is 101 Å². The van der Waals surface area contributed by atoms with E-state index in [1.54, 1.807) is 12.1 Å². The van der Waals surface area contributed by atoms with Gasteiger partial charge in [0, 0.05) is 12.7 Å². The molecule has 0 aromatic carbocycles. The largest absolute Gasteiger partial charge is 0.465 e. The highest BCUT2D eigenvalue weighted by atomic mass is 16.5. The minimum Gasteiger partial charge on any atom is -0.465 e. The van der Waals surface area contributed by atoms with Crippen molar-refractivity contribution in [2.75, 3.05) is 20.2 Å². The molecule has 0 fully saturated rings. The summed E-state index contributed by atoms with van der Waals surface area (Å²) in [5.74, 6) is -0.395. The van der Waals surface area contributed by atoms with Gasteiger partial charge in [-0.15, -0.1) is 0 Å². The molecule has 90 valence electrons. The average Bonchev–Trinajstić information content (AvgIpc) is 2.38. The van der Waals surface area contributed by atoms with Gasteiger partial charge in [-0.2, -0.15) is 5.26 Å². The zero-order valence-electron chi connectivity index (χ0n) is 10.0. The van der Waals surface area contributed by atoms with Crippen molar-refractivity contribution in [1.29, 1.82) is 5.26 Å². The van der Waals surface area contributed by atoms with E-state index in [1.165, 1.54) is 13.3 Å². The van der Waals surface area contributed by atoms with Crippen molar-refractivity contribution in [1.82, 2.24) is 9.88 Å². The molecule has 5 heteroatoms. The molecule has 0 spiro atoms. The number of nitriles is 1. The van der Waals surface area contributed by atoms with E-state index in [0.29, 0.717) is 18.7 Å². The highest BCUT2D eigenvalue weighted by molar-refractivity contribution is 5.88. The third-order valence-electron chi connectivity index (χ3n) is 2.37. The van der Waals surface area contributed by atoms with Gasteiger partial charge in [0.2, 0.25) is 0 Å². The normalized spacial score (nSPS) is 10.0. The lowest BCUT2D eigenvalue weighted by atomic mass is 10.2. The molecule has 0 N–H and O–H groups in total. The molecule has 0 atom stereocenters. The number of nitrogens with zero attached hydrogens (tertiary/aromatic N) is 3. The van der Waals surface area contributed by atoms with E-state index >= 15 is 0 Å². The molecule has 0 aliphatic carbocycles. The van der Waals surface area contributed by atoms with E-state index in [4.69, 9.17) is 5.26 Å². The third-order valence-corrected chi connectivity index (χ3v) is 2.37. The van der Waals surface area contributed by atoms with Crippen LogP contribution in [0.1, 0.15) is 23.0 Å². The lowest BCUT2D eigenvalue weighted by Crippen LogP contribution is -2.23. The van der Waals surface area contributed by atoms with Crippen LogP contribution in [0.4, 0.5) is 0 Å². The molecule has 0 amide bonds. The fourth-order valence-electron chi connectivity index (χ4n) is 1.37. The van der Waals surface area contributed by atoms with E-state index in [0.717, 1.165) is 12.2 Å². The molecule has 0 unspecified atom stereocenters. The van der Waals surface area contributed by atoms with Gasteiger partial charge in [-0.25, -0.2) is 4.79 Å². The van der Waals surface area contributed by atoms with E-state index in [9.17, 15) is 4.79 Å². The van der Waals surface area contributed by atoms with E-state index in [1.807, 2.05) is 11.8 Å². The van der Waals surface area contributed by atoms with Crippen LogP contribution in [0.25, 0.3) is 0 Å². The molecule has 1 aromatic heterocycles. The molecule has 1 aromatic rings. The van der Waals surface area contributed by atoms with Gasteiger partial charge in [0.25, 0.3) is 0 Å². The molecule has 17 heavy (non-hydrogen) atoms. The first-order valence-electron chi connectivity index (χ1n) is 5.33. The zero-order valence-corrected chi connectivity index (χ0v) is 10.0. The topological polar surface area (TPSA) is 66.2 Å². The van der Waals surface area contributed by atoms with Crippen LogP contribution >= 0.6 is 0 Å². The summed E-state index contributed by atoms with van der Waals surface area (Å²) >= 11 is 0. The predicted octanol–water partition coefficient (Wildman–Crippen LogP) is 1.21. The molecule has 0 aliphatic heterocycles. The Morgan fingerprint density at radius 1 is 1.59 bits per heavy atom. The summed E-state index contributed by atoms with van der Waals surface area (Å²) in [5.41, 5.74) is 1.26. The molecule has 0 aliphatic rings. The van der Waals surface area contributed by atoms with Crippen LogP contribution in [0.5, 0.6) is 0 Å². The van der Waals surface area contributed by atoms with Gasteiger partial charge in [-0.3, -0.25) is 9.88 Å². The molecule has 0 radical (unpaired) electrons. The second-order valence-corrected chi connectivity index (χ2v) is 3.49. The number of carbonyl (C=O) groups excluding carboxylic acids is 1. The summed E-state index contributed by atoms with van der Waals surface area (Å²) in [6.45, 7) is 3.75. The average molecular weight is 233 g/mol. The highest BCUT2D eigenvalue weighted by Gasteiger charge is 2.07. The Bertz CT molecular complexity index is 409. The fourth-order valence-corrected chi connectivity index (χ4v) is 1.37. The standard InChI is InChI=1S/C12H15N3O2/c1-3-15(7-6-13)9-11-5-4-10(8-14-11)12(16)17-2/h4-5,8H,3,7,9H2,1-2H3. The lowest BCUT2D eigenvalue weighted by molar-refractivity contribution is 0.0600. The summed E-state index contributed by atoms with van der Waals surface area (Å²) in [6.07, 6.45) is 1.49. The molecule has 0 saturated heterocycles. The summed E-state index contributed by atoms with van der Waals surface area (Å²) in [7, 11) is 1.34. The Balaban J connectivity index is 2.68. The maximum atomic E-state index is 11.2. The van der Waals surface area contributed by atoms with Crippen LogP contribution in [0.3, 0.4) is 0 Å². The van der Waals surface area contributed by atoms with Gasteiger partial charge >= 0.3 is 5.97 Å². The highest BCUT2D eigenvalue weighted by Crippen LogP contribution is 2.04. The Morgan fingerprint density at radius 3 is 2.82 bits per heavy atom. The van der Waals surface area contributed by atoms with Crippen molar-refractivity contribution in [3.63, 3.8) is 0 Å². The minimum absolute atomic E-state index is 0.372. The van der Waals surface area contributed by atoms with Crippen LogP contribution in [-0.2, 0) is 11.3 Å². The van der Waals surface area contributed by atoms with Crippen molar-refractivity contribution in [2.24, 2.45) is 0 Å². The zero-order chi connectivity index (χ0) is 12.7. The molecule has 1 rings (SSSR count). The first kappa shape index (κ1) is 13.1. The monoisotopic (exact) mass is 233 g/mol. The van der Waals surface area contributed by atoms with Crippen molar-refractivity contribution < 1.29 is 9.53 Å². The summed E-state index contributed by atoms with van der Waals surface area (Å²) in [4.78, 5) is 17.3. The van der Waals surface area contributed by atoms with Crippen molar-refractivity contribution in [3.05, 3.63) is 29.6 Å². The number of ether oxygens (including phenoxy) is 1. The van der Waals surface area contributed by atoms with Crippen LogP contribution in [0.2, 0.25) is 0 Å². The number of hydrogen-bond acceptors (Lipinski definition) is 5. The lowest BCUT2D eigenvalue weighted by Gasteiger charge is -2.15. The van der Waals surface area contributed by atoms with Crippen LogP contribution in [-0.4, -0.2) is 36.1 Å². The van der Waals surface area contributed by atoms with Gasteiger partial charge in [-0.1, -0.05) is 6.92 Å². The first-order valence-corrected chi connectivity index (χ1v) is 5.33. The number of methoxy groups -OCH3 is 1. The summed E-state index contributed by atoms with van der Waals surface area (Å²) < 4.78 is 4.58. The predicted molar refractivity (Wildman–Crippen MR) is 62.1 cm³/mol. The number of rotatable bonds is 5. The molecule has 5 nitrogen and oxygen atoms in total. The van der Waals surface area contributed by atoms with E-state index in [-0.39, 0.29) is 0 Å². The smallest absolute Gasteiger partial charge is 0.339 e. The summed E-state index contributed by atoms with van der Waals surface area (Å²) in [6, 6.07) is 5.55. The van der Waals surface area contributed by atoms with Crippen LogP contribution < -0.4 is 0 Å². The Hall–Kier alpha value is -1.93. The Kier molecular flexibility index (Phi) is 5.11. The van der Waals surface area contributed by atoms with Crippen LogP contribution in [0.15, 0.2) is 18.3 Å². The molecular formula is C12H15N3O2. The quantitative estimate of drug-likeness (QED) is 0.565. The van der Waals surface area contributed by atoms with E-state index in [2.05, 4.69) is 15.8 Å². The molecule has 0 bridgehead atoms. The third kappa shape index (κ3) is 3.85. The van der Waals surface area contributed by atoms with Crippen LogP contribution in [0, 0.1) is 11.3 Å². The van der Waals surface area contributed by atoms with Gasteiger partial charge < -0.3 is 4.74 Å². The molecular weight excluding hydrogens is 218 g/mol. The maximum Gasteiger partial charge on any atom is 0.339 e. The first-order chi connectivity index (χ1) is 8.21. The minimum atomic E-state index is -0.395. The molecule has 0 saturated carbocycles. The van der Waals surface area contributed by atoms with Crippen molar-refractivity contribution in [2.45, 2.75) is 13.5 Å². The number of esters is 1. The number of pyridine rings is 1. The number of hydrogen-bond donors (Lipinski definition) is 0. The van der Waals surface area contributed by atoms with Gasteiger partial charge in [-0.05, 0) is 18.7 Å². The van der Waals surface area contributed by atoms with Gasteiger partial charge in [0.15, 0.2) is 0 Å².